The topological polar surface area (TPSA) is 67.9 Å². The largest absolute Gasteiger partial charge is 0.493 e. The minimum atomic E-state index is -5.70. The van der Waals surface area contributed by atoms with E-state index in [0.717, 1.165) is 11.0 Å². The van der Waals surface area contributed by atoms with Crippen LogP contribution in [0.15, 0.2) is 22.9 Å². The van der Waals surface area contributed by atoms with Gasteiger partial charge in [-0.05, 0) is 72.2 Å². The second-order valence-corrected chi connectivity index (χ2v) is 11.2. The Labute approximate surface area is 238 Å². The van der Waals surface area contributed by atoms with E-state index in [1.807, 2.05) is 5.38 Å². The molecule has 2 aliphatic heterocycles. The van der Waals surface area contributed by atoms with Crippen LogP contribution >= 0.6 is 11.3 Å². The molecule has 4 rings (SSSR count). The van der Waals surface area contributed by atoms with Crippen LogP contribution in [-0.2, 0) is 40.1 Å². The van der Waals surface area contributed by atoms with Gasteiger partial charge in [-0.1, -0.05) is 26.7 Å². The number of carbonyl (C=O) groups is 2. The van der Waals surface area contributed by atoms with Crippen LogP contribution in [-0.4, -0.2) is 42.3 Å². The van der Waals surface area contributed by atoms with Gasteiger partial charge in [0, 0.05) is 17.7 Å². The van der Waals surface area contributed by atoms with Crippen molar-refractivity contribution in [3.8, 4) is 5.75 Å². The van der Waals surface area contributed by atoms with Gasteiger partial charge in [0.1, 0.15) is 11.3 Å². The van der Waals surface area contributed by atoms with Gasteiger partial charge in [-0.15, -0.1) is 0 Å². The summed E-state index contributed by atoms with van der Waals surface area (Å²) in [7, 11) is 0. The average Bonchev–Trinajstić information content (AvgIpc) is 3.60. The molecule has 0 aliphatic carbocycles. The first-order valence-electron chi connectivity index (χ1n) is 13.5. The maximum absolute atomic E-state index is 14.0. The summed E-state index contributed by atoms with van der Waals surface area (Å²) in [6, 6.07) is 2.22. The fraction of sp³-hybridized carbons (Fsp3) is 0.571. The van der Waals surface area contributed by atoms with E-state index in [2.05, 4.69) is 10.1 Å². The van der Waals surface area contributed by atoms with Gasteiger partial charge in [-0.2, -0.15) is 37.7 Å². The summed E-state index contributed by atoms with van der Waals surface area (Å²) in [5, 5.41) is 6.35. The smallest absolute Gasteiger partial charge is 0.430 e. The summed E-state index contributed by atoms with van der Waals surface area (Å²) < 4.78 is 94.6. The third kappa shape index (κ3) is 5.31. The van der Waals surface area contributed by atoms with Gasteiger partial charge in [0.05, 0.1) is 13.2 Å². The summed E-state index contributed by atoms with van der Waals surface area (Å²) >= 11 is 1.41. The molecule has 1 aromatic carbocycles. The lowest BCUT2D eigenvalue weighted by Gasteiger charge is -2.34. The lowest BCUT2D eigenvalue weighted by molar-refractivity contribution is -0.385. The molecular weight excluding hydrogens is 574 g/mol. The van der Waals surface area contributed by atoms with Crippen LogP contribution < -0.4 is 10.1 Å². The number of nitrogens with zero attached hydrogens (tertiary/aromatic N) is 1. The highest BCUT2D eigenvalue weighted by Gasteiger charge is 2.76. The molecule has 13 heteroatoms. The third-order valence-electron chi connectivity index (χ3n) is 7.60. The molecule has 1 fully saturated rings. The van der Waals surface area contributed by atoms with Crippen LogP contribution in [0, 0.1) is 0 Å². The molecule has 1 aromatic heterocycles. The number of carbonyl (C=O) groups excluding carboxylic acids is 2. The maximum atomic E-state index is 14.0. The first-order chi connectivity index (χ1) is 19.2. The number of alkyl halides is 6. The Bertz CT molecular complexity index is 1260. The number of hydrogen-bond acceptors (Lipinski definition) is 5. The third-order valence-corrected chi connectivity index (χ3v) is 8.28. The van der Waals surface area contributed by atoms with E-state index in [9.17, 15) is 35.9 Å². The van der Waals surface area contributed by atoms with Crippen molar-refractivity contribution in [3.05, 3.63) is 50.7 Å². The molecule has 1 N–H and O–H groups in total. The van der Waals surface area contributed by atoms with Gasteiger partial charge in [-0.25, -0.2) is 4.79 Å². The molecule has 2 aromatic rings. The van der Waals surface area contributed by atoms with Gasteiger partial charge in [0.2, 0.25) is 0 Å². The molecule has 0 saturated carbocycles. The molecule has 226 valence electrons. The van der Waals surface area contributed by atoms with Crippen LogP contribution in [0.2, 0.25) is 0 Å². The van der Waals surface area contributed by atoms with Crippen molar-refractivity contribution in [1.82, 2.24) is 10.2 Å². The molecule has 0 bridgehead atoms. The number of aryl methyl sites for hydroxylation is 1. The fourth-order valence-electron chi connectivity index (χ4n) is 5.53. The van der Waals surface area contributed by atoms with E-state index in [0.29, 0.717) is 36.8 Å². The SMILES string of the molecule is CCCc1cc2c(c(CCC)c1OCCCCN1C(=O)NC(C)(c3ccsc3)C1=O)COC2(C(F)(F)F)C(F)(F)F. The van der Waals surface area contributed by atoms with Crippen molar-refractivity contribution in [1.29, 1.82) is 0 Å². The minimum Gasteiger partial charge on any atom is -0.493 e. The zero-order chi connectivity index (χ0) is 30.2. The summed E-state index contributed by atoms with van der Waals surface area (Å²) in [6.45, 7) is 4.60. The van der Waals surface area contributed by atoms with Crippen LogP contribution in [0.5, 0.6) is 5.75 Å². The molecule has 41 heavy (non-hydrogen) atoms. The zero-order valence-corrected chi connectivity index (χ0v) is 23.7. The number of fused-ring (bicyclic) bond motifs is 1. The van der Waals surface area contributed by atoms with Crippen molar-refractivity contribution in [2.24, 2.45) is 0 Å². The number of hydrogen-bond donors (Lipinski definition) is 1. The molecule has 1 atom stereocenters. The molecule has 6 nitrogen and oxygen atoms in total. The highest BCUT2D eigenvalue weighted by Crippen LogP contribution is 2.58. The van der Waals surface area contributed by atoms with Crippen molar-refractivity contribution < 1.29 is 45.4 Å². The minimum absolute atomic E-state index is 0.0994. The number of halogens is 6. The Morgan fingerprint density at radius 1 is 1.07 bits per heavy atom. The number of thiophene rings is 1. The molecule has 1 saturated heterocycles. The summed E-state index contributed by atoms with van der Waals surface area (Å²) in [5.74, 6) is -0.0788. The number of ether oxygens (including phenoxy) is 2. The highest BCUT2D eigenvalue weighted by molar-refractivity contribution is 7.08. The number of rotatable bonds is 11. The van der Waals surface area contributed by atoms with Crippen LogP contribution in [0.3, 0.4) is 0 Å². The van der Waals surface area contributed by atoms with Crippen LogP contribution in [0.1, 0.15) is 74.3 Å². The summed E-state index contributed by atoms with van der Waals surface area (Å²) in [4.78, 5) is 26.7. The number of unbranched alkanes of at least 4 members (excludes halogenated alkanes) is 1. The lowest BCUT2D eigenvalue weighted by atomic mass is 9.84. The number of nitrogens with one attached hydrogen (secondary N) is 1. The maximum Gasteiger partial charge on any atom is 0.430 e. The second kappa shape index (κ2) is 11.5. The Kier molecular flexibility index (Phi) is 8.71. The number of amides is 3. The van der Waals surface area contributed by atoms with Crippen LogP contribution in [0.4, 0.5) is 31.1 Å². The standard InChI is InChI=1S/C28H32F6N2O4S/c1-4-8-17-14-21-20(15-40-26(21,27(29,30)31)28(32,33)34)19(9-5-2)22(17)39-12-7-6-11-36-23(37)25(3,35-24(36)38)18-10-13-41-16-18/h10,13-14,16H,4-9,11-12,15H2,1-3H3,(H,35,38). The van der Waals surface area contributed by atoms with E-state index < -0.39 is 41.7 Å². The summed E-state index contributed by atoms with van der Waals surface area (Å²) in [6.07, 6.45) is -9.24. The lowest BCUT2D eigenvalue weighted by Crippen LogP contribution is -2.53. The monoisotopic (exact) mass is 606 g/mol. The van der Waals surface area contributed by atoms with Crippen LogP contribution in [0.25, 0.3) is 0 Å². The van der Waals surface area contributed by atoms with E-state index in [-0.39, 0.29) is 48.8 Å². The molecule has 0 radical (unpaired) electrons. The molecular formula is C28H32F6N2O4S. The van der Waals surface area contributed by atoms with Gasteiger partial charge in [0.25, 0.3) is 11.5 Å². The number of benzene rings is 1. The predicted octanol–water partition coefficient (Wildman–Crippen LogP) is 7.13. The normalized spacial score (nSPS) is 20.5. The van der Waals surface area contributed by atoms with Crippen molar-refractivity contribution in [2.75, 3.05) is 13.2 Å². The van der Waals surface area contributed by atoms with Crippen molar-refractivity contribution in [2.45, 2.75) is 89.4 Å². The van der Waals surface area contributed by atoms with E-state index in [1.54, 1.807) is 32.2 Å². The quantitative estimate of drug-likeness (QED) is 0.168. The van der Waals surface area contributed by atoms with Gasteiger partial charge >= 0.3 is 18.4 Å². The van der Waals surface area contributed by atoms with Crippen molar-refractivity contribution >= 4 is 23.3 Å². The molecule has 0 spiro atoms. The molecule has 2 aliphatic rings. The van der Waals surface area contributed by atoms with Gasteiger partial charge < -0.3 is 14.8 Å². The fourth-order valence-corrected chi connectivity index (χ4v) is 6.29. The van der Waals surface area contributed by atoms with E-state index >= 15 is 0 Å². The molecule has 1 unspecified atom stereocenters. The Morgan fingerprint density at radius 2 is 1.76 bits per heavy atom. The number of imide groups is 1. The Balaban J connectivity index is 1.52. The summed E-state index contributed by atoms with van der Waals surface area (Å²) in [5.41, 5.74) is -5.33. The second-order valence-electron chi connectivity index (χ2n) is 10.4. The average molecular weight is 607 g/mol. The van der Waals surface area contributed by atoms with Gasteiger partial charge in [-0.3, -0.25) is 9.69 Å². The van der Waals surface area contributed by atoms with E-state index in [4.69, 9.17) is 4.74 Å². The Morgan fingerprint density at radius 3 is 2.34 bits per heavy atom. The van der Waals surface area contributed by atoms with Crippen molar-refractivity contribution in [3.63, 3.8) is 0 Å². The molecule has 3 heterocycles. The van der Waals surface area contributed by atoms with Gasteiger partial charge in [0.15, 0.2) is 0 Å². The highest BCUT2D eigenvalue weighted by atomic mass is 32.1. The molecule has 3 amide bonds. The first-order valence-corrected chi connectivity index (χ1v) is 14.4. The predicted molar refractivity (Wildman–Crippen MR) is 140 cm³/mol. The Hall–Kier alpha value is -2.80. The van der Waals surface area contributed by atoms with E-state index in [1.165, 1.54) is 11.3 Å². The zero-order valence-electron chi connectivity index (χ0n) is 22.9. The first kappa shape index (κ1) is 31.1. The number of urea groups is 1.